The van der Waals surface area contributed by atoms with Crippen LogP contribution in [0.5, 0.6) is 0 Å². The lowest BCUT2D eigenvalue weighted by Gasteiger charge is -2.21. The van der Waals surface area contributed by atoms with Gasteiger partial charge in [-0.25, -0.2) is 18.0 Å². The standard InChI is InChI=1S/C11H8F3NO3/c12-6-3-5(4-7(13)10(6)14)15-8(11(17)18)1-2-9(15)16/h3-4,8H,1-2H2,(H,17,18)/t8-/m0/s1. The Morgan fingerprint density at radius 2 is 1.83 bits per heavy atom. The van der Waals surface area contributed by atoms with Crippen LogP contribution < -0.4 is 4.90 Å². The maximum absolute atomic E-state index is 13.0. The van der Waals surface area contributed by atoms with Crippen molar-refractivity contribution in [3.05, 3.63) is 29.6 Å². The summed E-state index contributed by atoms with van der Waals surface area (Å²) in [4.78, 5) is 23.2. The molecule has 2 rings (SSSR count). The van der Waals surface area contributed by atoms with Crippen molar-refractivity contribution in [2.45, 2.75) is 18.9 Å². The van der Waals surface area contributed by atoms with Crippen molar-refractivity contribution in [1.82, 2.24) is 0 Å². The summed E-state index contributed by atoms with van der Waals surface area (Å²) < 4.78 is 38.9. The van der Waals surface area contributed by atoms with Crippen LogP contribution >= 0.6 is 0 Å². The van der Waals surface area contributed by atoms with Crippen molar-refractivity contribution in [1.29, 1.82) is 0 Å². The lowest BCUT2D eigenvalue weighted by Crippen LogP contribution is -2.38. The Morgan fingerprint density at radius 1 is 1.28 bits per heavy atom. The first-order chi connectivity index (χ1) is 8.41. The molecule has 18 heavy (non-hydrogen) atoms. The number of hydrogen-bond acceptors (Lipinski definition) is 2. The summed E-state index contributed by atoms with van der Waals surface area (Å²) in [6.45, 7) is 0. The van der Waals surface area contributed by atoms with Crippen LogP contribution in [-0.4, -0.2) is 23.0 Å². The average molecular weight is 259 g/mol. The first-order valence-corrected chi connectivity index (χ1v) is 5.11. The van der Waals surface area contributed by atoms with Crippen molar-refractivity contribution in [2.24, 2.45) is 0 Å². The van der Waals surface area contributed by atoms with Gasteiger partial charge in [0.15, 0.2) is 17.5 Å². The number of carbonyl (C=O) groups excluding carboxylic acids is 1. The zero-order valence-electron chi connectivity index (χ0n) is 8.99. The van der Waals surface area contributed by atoms with Gasteiger partial charge in [0.25, 0.3) is 0 Å². The van der Waals surface area contributed by atoms with Gasteiger partial charge in [0, 0.05) is 18.6 Å². The highest BCUT2D eigenvalue weighted by atomic mass is 19.2. The zero-order chi connectivity index (χ0) is 13.4. The highest BCUT2D eigenvalue weighted by Gasteiger charge is 2.37. The smallest absolute Gasteiger partial charge is 0.326 e. The van der Waals surface area contributed by atoms with Crippen LogP contribution in [0.3, 0.4) is 0 Å². The molecule has 1 heterocycles. The summed E-state index contributed by atoms with van der Waals surface area (Å²) in [6.07, 6.45) is 0.0202. The zero-order valence-corrected chi connectivity index (χ0v) is 8.99. The lowest BCUT2D eigenvalue weighted by molar-refractivity contribution is -0.138. The van der Waals surface area contributed by atoms with E-state index in [0.717, 1.165) is 4.90 Å². The van der Waals surface area contributed by atoms with Crippen LogP contribution in [0.25, 0.3) is 0 Å². The molecule has 0 bridgehead atoms. The topological polar surface area (TPSA) is 57.6 Å². The number of halogens is 3. The van der Waals surface area contributed by atoms with Gasteiger partial charge in [0.2, 0.25) is 5.91 Å². The fraction of sp³-hybridized carbons (Fsp3) is 0.273. The Hall–Kier alpha value is -2.05. The van der Waals surface area contributed by atoms with Crippen LogP contribution in [0.1, 0.15) is 12.8 Å². The van der Waals surface area contributed by atoms with Gasteiger partial charge in [-0.1, -0.05) is 0 Å². The average Bonchev–Trinajstić information content (AvgIpc) is 2.67. The Bertz CT molecular complexity index is 509. The number of hydrogen-bond donors (Lipinski definition) is 1. The molecule has 1 aromatic carbocycles. The molecule has 7 heteroatoms. The highest BCUT2D eigenvalue weighted by molar-refractivity contribution is 6.02. The van der Waals surface area contributed by atoms with Gasteiger partial charge in [-0.2, -0.15) is 0 Å². The largest absolute Gasteiger partial charge is 0.480 e. The second-order valence-electron chi connectivity index (χ2n) is 3.88. The highest BCUT2D eigenvalue weighted by Crippen LogP contribution is 2.29. The fourth-order valence-corrected chi connectivity index (χ4v) is 1.92. The first-order valence-electron chi connectivity index (χ1n) is 5.11. The second-order valence-corrected chi connectivity index (χ2v) is 3.88. The Labute approximate surface area is 99.6 Å². The predicted octanol–water partition coefficient (Wildman–Crippen LogP) is 1.68. The van der Waals surface area contributed by atoms with Crippen LogP contribution in [-0.2, 0) is 9.59 Å². The maximum atomic E-state index is 13.0. The monoisotopic (exact) mass is 259 g/mol. The third-order valence-electron chi connectivity index (χ3n) is 2.74. The SMILES string of the molecule is O=C(O)[C@@H]1CCC(=O)N1c1cc(F)c(F)c(F)c1. The number of carboxylic acids is 1. The number of rotatable bonds is 2. The van der Waals surface area contributed by atoms with E-state index in [0.29, 0.717) is 12.1 Å². The van der Waals surface area contributed by atoms with Crippen LogP contribution in [0.4, 0.5) is 18.9 Å². The van der Waals surface area contributed by atoms with E-state index in [4.69, 9.17) is 5.11 Å². The summed E-state index contributed by atoms with van der Waals surface area (Å²) in [7, 11) is 0. The number of anilines is 1. The quantitative estimate of drug-likeness (QED) is 0.822. The minimum Gasteiger partial charge on any atom is -0.480 e. The van der Waals surface area contributed by atoms with Crippen molar-refractivity contribution in [2.75, 3.05) is 4.90 Å². The predicted molar refractivity (Wildman–Crippen MR) is 54.5 cm³/mol. The van der Waals surface area contributed by atoms with E-state index in [1.807, 2.05) is 0 Å². The molecule has 1 aliphatic heterocycles. The Morgan fingerprint density at radius 3 is 2.33 bits per heavy atom. The van der Waals surface area contributed by atoms with Gasteiger partial charge in [-0.05, 0) is 6.42 Å². The molecule has 4 nitrogen and oxygen atoms in total. The molecule has 1 atom stereocenters. The summed E-state index contributed by atoms with van der Waals surface area (Å²) in [5.74, 6) is -6.42. The van der Waals surface area contributed by atoms with Crippen molar-refractivity contribution >= 4 is 17.6 Å². The van der Waals surface area contributed by atoms with Gasteiger partial charge < -0.3 is 5.11 Å². The number of nitrogens with zero attached hydrogens (tertiary/aromatic N) is 1. The van der Waals surface area contributed by atoms with Crippen molar-refractivity contribution in [3.8, 4) is 0 Å². The van der Waals surface area contributed by atoms with E-state index in [1.165, 1.54) is 0 Å². The molecule has 1 fully saturated rings. The minimum atomic E-state index is -1.66. The van der Waals surface area contributed by atoms with E-state index in [2.05, 4.69) is 0 Å². The van der Waals surface area contributed by atoms with E-state index >= 15 is 0 Å². The summed E-state index contributed by atoms with van der Waals surface area (Å²) >= 11 is 0. The summed E-state index contributed by atoms with van der Waals surface area (Å²) in [6, 6.07) is 0.0385. The Balaban J connectivity index is 2.47. The molecule has 1 N–H and O–H groups in total. The number of amides is 1. The fourth-order valence-electron chi connectivity index (χ4n) is 1.92. The molecular weight excluding hydrogens is 251 g/mol. The van der Waals surface area contributed by atoms with Crippen LogP contribution in [0, 0.1) is 17.5 Å². The lowest BCUT2D eigenvalue weighted by atomic mass is 10.2. The number of carboxylic acid groups (broad SMARTS) is 1. The van der Waals surface area contributed by atoms with Gasteiger partial charge in [-0.3, -0.25) is 9.69 Å². The molecule has 1 amide bonds. The summed E-state index contributed by atoms with van der Waals surface area (Å²) in [5.41, 5.74) is -0.290. The molecule has 0 saturated carbocycles. The van der Waals surface area contributed by atoms with Crippen molar-refractivity contribution < 1.29 is 27.9 Å². The molecule has 0 aromatic heterocycles. The third kappa shape index (κ3) is 1.92. The van der Waals surface area contributed by atoms with Gasteiger partial charge >= 0.3 is 5.97 Å². The summed E-state index contributed by atoms with van der Waals surface area (Å²) in [5, 5.41) is 8.90. The second kappa shape index (κ2) is 4.32. The van der Waals surface area contributed by atoms with Crippen LogP contribution in [0.2, 0.25) is 0 Å². The van der Waals surface area contributed by atoms with E-state index in [9.17, 15) is 22.8 Å². The van der Waals surface area contributed by atoms with E-state index in [-0.39, 0.29) is 18.5 Å². The third-order valence-corrected chi connectivity index (χ3v) is 2.74. The molecule has 0 radical (unpaired) electrons. The van der Waals surface area contributed by atoms with Gasteiger partial charge in [0.1, 0.15) is 6.04 Å². The molecule has 0 aliphatic carbocycles. The molecular formula is C11H8F3NO3. The van der Waals surface area contributed by atoms with Gasteiger partial charge in [-0.15, -0.1) is 0 Å². The molecule has 1 aliphatic rings. The Kier molecular flexibility index (Phi) is 2.98. The van der Waals surface area contributed by atoms with Crippen molar-refractivity contribution in [3.63, 3.8) is 0 Å². The molecule has 1 saturated heterocycles. The molecule has 1 aromatic rings. The van der Waals surface area contributed by atoms with E-state index in [1.54, 1.807) is 0 Å². The normalized spacial score (nSPS) is 19.4. The number of benzene rings is 1. The molecule has 0 spiro atoms. The maximum Gasteiger partial charge on any atom is 0.326 e. The minimum absolute atomic E-state index is 0.0302. The van der Waals surface area contributed by atoms with E-state index < -0.39 is 35.4 Å². The van der Waals surface area contributed by atoms with Crippen LogP contribution in [0.15, 0.2) is 12.1 Å². The first kappa shape index (κ1) is 12.4. The number of aliphatic carboxylic acids is 1. The van der Waals surface area contributed by atoms with Gasteiger partial charge in [0.05, 0.1) is 5.69 Å². The molecule has 0 unspecified atom stereocenters. The molecule has 96 valence electrons. The number of carbonyl (C=O) groups is 2.